The summed E-state index contributed by atoms with van der Waals surface area (Å²) < 4.78 is 7.23. The van der Waals surface area contributed by atoms with Gasteiger partial charge in [-0.2, -0.15) is 0 Å². The van der Waals surface area contributed by atoms with Gasteiger partial charge in [0.05, 0.1) is 0 Å². The third-order valence-corrected chi connectivity index (χ3v) is 3.56. The molecular formula is C16H20N6O. The van der Waals surface area contributed by atoms with Gasteiger partial charge in [0.15, 0.2) is 5.65 Å². The van der Waals surface area contributed by atoms with Crippen molar-refractivity contribution in [3.63, 3.8) is 0 Å². The van der Waals surface area contributed by atoms with Crippen LogP contribution in [-0.4, -0.2) is 46.0 Å². The first-order valence-corrected chi connectivity index (χ1v) is 7.72. The lowest BCUT2D eigenvalue weighted by molar-refractivity contribution is 0.0824. The molecule has 0 amide bonds. The Kier molecular flexibility index (Phi) is 5.10. The number of rotatable bonds is 3. The minimum absolute atomic E-state index is 0.351. The van der Waals surface area contributed by atoms with Crippen LogP contribution in [0.1, 0.15) is 25.3 Å². The average Bonchev–Trinajstić information content (AvgIpc) is 3.06. The van der Waals surface area contributed by atoms with Crippen LogP contribution in [0.3, 0.4) is 0 Å². The number of hydrogen-bond acceptors (Lipinski definition) is 4. The molecule has 7 nitrogen and oxygen atoms in total. The van der Waals surface area contributed by atoms with Gasteiger partial charge in [0.1, 0.15) is 6.33 Å². The fourth-order valence-electron chi connectivity index (χ4n) is 2.33. The highest BCUT2D eigenvalue weighted by atomic mass is 16.5. The number of pyridine rings is 1. The number of aliphatic imine (C=N–C) groups is 2. The molecule has 23 heavy (non-hydrogen) atoms. The van der Waals surface area contributed by atoms with Crippen LogP contribution in [0.15, 0.2) is 46.9 Å². The summed E-state index contributed by atoms with van der Waals surface area (Å²) >= 11 is 0. The Morgan fingerprint density at radius 3 is 3.13 bits per heavy atom. The van der Waals surface area contributed by atoms with E-state index in [1.165, 1.54) is 0 Å². The molecule has 1 N–H and O–H groups in total. The molecule has 0 aliphatic carbocycles. The second-order valence-electron chi connectivity index (χ2n) is 5.28. The van der Waals surface area contributed by atoms with Gasteiger partial charge >= 0.3 is 0 Å². The maximum Gasteiger partial charge on any atom is 0.222 e. The number of hydrogen-bond donors (Lipinski definition) is 1. The number of nitrogens with zero attached hydrogens (tertiary/aromatic N) is 5. The van der Waals surface area contributed by atoms with E-state index in [0.717, 1.165) is 37.3 Å². The molecule has 2 aromatic heterocycles. The summed E-state index contributed by atoms with van der Waals surface area (Å²) in [6, 6.07) is 4.24. The van der Waals surface area contributed by atoms with Gasteiger partial charge in [-0.3, -0.25) is 4.40 Å². The molecule has 0 bridgehead atoms. The van der Waals surface area contributed by atoms with Gasteiger partial charge in [0.2, 0.25) is 5.96 Å². The monoisotopic (exact) mass is 312 g/mol. The molecule has 120 valence electrons. The fourth-order valence-corrected chi connectivity index (χ4v) is 2.33. The predicted octanol–water partition coefficient (Wildman–Crippen LogP) is 1.81. The second kappa shape index (κ2) is 7.64. The van der Waals surface area contributed by atoms with E-state index in [2.05, 4.69) is 25.5 Å². The molecule has 0 unspecified atom stereocenters. The highest BCUT2D eigenvalue weighted by Crippen LogP contribution is 2.07. The fraction of sp³-hybridized carbons (Fsp3) is 0.375. The second-order valence-corrected chi connectivity index (χ2v) is 5.28. The maximum absolute atomic E-state index is 5.38. The van der Waals surface area contributed by atoms with E-state index in [9.17, 15) is 0 Å². The lowest BCUT2D eigenvalue weighted by Gasteiger charge is -2.23. The minimum Gasteiger partial charge on any atom is -0.381 e. The van der Waals surface area contributed by atoms with E-state index in [0.29, 0.717) is 12.0 Å². The van der Waals surface area contributed by atoms with Gasteiger partial charge in [-0.25, -0.2) is 9.98 Å². The zero-order valence-electron chi connectivity index (χ0n) is 13.1. The number of allylic oxidation sites excluding steroid dienone is 1. The van der Waals surface area contributed by atoms with Crippen molar-refractivity contribution in [1.82, 2.24) is 19.9 Å². The molecule has 1 aliphatic rings. The Hall–Kier alpha value is -2.54. The standard InChI is InChI=1S/C16H20N6O/c1-2-6-17-16(20-14-4-8-23-9-5-14)18-11-13-3-7-22-12-19-21-15(22)10-13/h2-3,6-7,10-12,14H,4-5,8-9H2,1H3,(H,17,20)/b6-2-,18-11+. The van der Waals surface area contributed by atoms with E-state index < -0.39 is 0 Å². The van der Waals surface area contributed by atoms with Crippen molar-refractivity contribution in [3.05, 3.63) is 42.5 Å². The lowest BCUT2D eigenvalue weighted by atomic mass is 10.1. The first-order valence-electron chi connectivity index (χ1n) is 7.72. The highest BCUT2D eigenvalue weighted by molar-refractivity contribution is 5.94. The minimum atomic E-state index is 0.351. The number of aromatic nitrogens is 3. The van der Waals surface area contributed by atoms with Crippen LogP contribution in [0.4, 0.5) is 0 Å². The summed E-state index contributed by atoms with van der Waals surface area (Å²) in [5.41, 5.74) is 1.74. The molecule has 3 rings (SSSR count). The Morgan fingerprint density at radius 1 is 1.43 bits per heavy atom. The molecule has 3 heterocycles. The van der Waals surface area contributed by atoms with Crippen LogP contribution in [0.25, 0.3) is 5.65 Å². The average molecular weight is 312 g/mol. The molecule has 1 fully saturated rings. The first-order chi connectivity index (χ1) is 11.3. The maximum atomic E-state index is 5.38. The Bertz CT molecular complexity index is 727. The molecule has 0 saturated carbocycles. The van der Waals surface area contributed by atoms with Crippen LogP contribution >= 0.6 is 0 Å². The zero-order valence-corrected chi connectivity index (χ0v) is 13.1. The predicted molar refractivity (Wildman–Crippen MR) is 89.8 cm³/mol. The SMILES string of the molecule is C\C=C/N=C(\N=C\c1ccn2cnnc2c1)NC1CCOCC1. The summed E-state index contributed by atoms with van der Waals surface area (Å²) in [7, 11) is 0. The first kappa shape index (κ1) is 15.4. The van der Waals surface area contributed by atoms with Gasteiger partial charge in [0.25, 0.3) is 0 Å². The van der Waals surface area contributed by atoms with Crippen molar-refractivity contribution in [2.75, 3.05) is 13.2 Å². The molecule has 0 spiro atoms. The number of guanidine groups is 1. The van der Waals surface area contributed by atoms with Crippen LogP contribution in [0.2, 0.25) is 0 Å². The number of nitrogens with one attached hydrogen (secondary N) is 1. The molecule has 2 aromatic rings. The lowest BCUT2D eigenvalue weighted by Crippen LogP contribution is -2.38. The summed E-state index contributed by atoms with van der Waals surface area (Å²) in [4.78, 5) is 8.84. The summed E-state index contributed by atoms with van der Waals surface area (Å²) in [6.45, 7) is 3.49. The van der Waals surface area contributed by atoms with Gasteiger partial charge in [-0.15, -0.1) is 10.2 Å². The normalized spacial score (nSPS) is 17.5. The Balaban J connectivity index is 1.73. The van der Waals surface area contributed by atoms with E-state index in [4.69, 9.17) is 4.74 Å². The molecule has 7 heteroatoms. The van der Waals surface area contributed by atoms with Crippen molar-refractivity contribution < 1.29 is 4.74 Å². The quantitative estimate of drug-likeness (QED) is 0.692. The highest BCUT2D eigenvalue weighted by Gasteiger charge is 2.14. The van der Waals surface area contributed by atoms with Gasteiger partial charge < -0.3 is 10.1 Å². The van der Waals surface area contributed by atoms with E-state index >= 15 is 0 Å². The van der Waals surface area contributed by atoms with Crippen molar-refractivity contribution in [3.8, 4) is 0 Å². The van der Waals surface area contributed by atoms with Gasteiger partial charge in [-0.1, -0.05) is 6.08 Å². The summed E-state index contributed by atoms with van der Waals surface area (Å²) in [5.74, 6) is 0.608. The molecular weight excluding hydrogens is 292 g/mol. The van der Waals surface area contributed by atoms with E-state index in [-0.39, 0.29) is 0 Å². The van der Waals surface area contributed by atoms with Crippen LogP contribution < -0.4 is 5.32 Å². The summed E-state index contributed by atoms with van der Waals surface area (Å²) in [6.07, 6.45) is 10.9. The van der Waals surface area contributed by atoms with Crippen LogP contribution in [0, 0.1) is 0 Å². The summed E-state index contributed by atoms with van der Waals surface area (Å²) in [5, 5.41) is 11.3. The van der Waals surface area contributed by atoms with Crippen LogP contribution in [0.5, 0.6) is 0 Å². The third-order valence-electron chi connectivity index (χ3n) is 3.56. The molecule has 0 aromatic carbocycles. The molecule has 0 radical (unpaired) electrons. The third kappa shape index (κ3) is 4.23. The van der Waals surface area contributed by atoms with Crippen molar-refractivity contribution in [1.29, 1.82) is 0 Å². The van der Waals surface area contributed by atoms with Crippen molar-refractivity contribution in [2.45, 2.75) is 25.8 Å². The van der Waals surface area contributed by atoms with E-state index in [1.807, 2.05) is 35.7 Å². The number of fused-ring (bicyclic) bond motifs is 1. The van der Waals surface area contributed by atoms with Crippen molar-refractivity contribution >= 4 is 17.8 Å². The van der Waals surface area contributed by atoms with Gasteiger partial charge in [-0.05, 0) is 37.5 Å². The zero-order chi connectivity index (χ0) is 15.9. The van der Waals surface area contributed by atoms with Crippen molar-refractivity contribution in [2.24, 2.45) is 9.98 Å². The Labute approximate surface area is 134 Å². The Morgan fingerprint density at radius 2 is 2.30 bits per heavy atom. The topological polar surface area (TPSA) is 76.2 Å². The smallest absolute Gasteiger partial charge is 0.222 e. The molecule has 0 atom stereocenters. The number of ether oxygens (including phenoxy) is 1. The van der Waals surface area contributed by atoms with Gasteiger partial charge in [0, 0.05) is 37.9 Å². The molecule has 1 aliphatic heterocycles. The molecule has 1 saturated heterocycles. The van der Waals surface area contributed by atoms with Crippen LogP contribution in [-0.2, 0) is 4.74 Å². The van der Waals surface area contributed by atoms with E-state index in [1.54, 1.807) is 18.7 Å². The largest absolute Gasteiger partial charge is 0.381 e.